The number of nitrogens with zero attached hydrogens (tertiary/aromatic N) is 1. The third-order valence-electron chi connectivity index (χ3n) is 5.43. The van der Waals surface area contributed by atoms with E-state index in [1.54, 1.807) is 64.1 Å². The molecule has 4 rings (SSSR count). The monoisotopic (exact) mass is 445 g/mol. The third-order valence-corrected chi connectivity index (χ3v) is 5.43. The highest BCUT2D eigenvalue weighted by atomic mass is 16.6. The zero-order valence-electron chi connectivity index (χ0n) is 19.2. The number of hydrogen-bond donors (Lipinski definition) is 1. The average molecular weight is 446 g/mol. The zero-order chi connectivity index (χ0) is 23.8. The van der Waals surface area contributed by atoms with Crippen molar-refractivity contribution in [3.05, 3.63) is 84.1 Å². The number of carbonyl (C=O) groups is 2. The number of para-hydroxylation sites is 1. The predicted octanol–water partition coefficient (Wildman–Crippen LogP) is 5.38. The van der Waals surface area contributed by atoms with Gasteiger partial charge in [-0.1, -0.05) is 54.6 Å². The molecule has 1 aromatic heterocycles. The lowest BCUT2D eigenvalue weighted by Crippen LogP contribution is -2.38. The van der Waals surface area contributed by atoms with Gasteiger partial charge in [-0.2, -0.15) is 0 Å². The van der Waals surface area contributed by atoms with E-state index in [1.165, 1.54) is 10.8 Å². The van der Waals surface area contributed by atoms with Gasteiger partial charge in [-0.15, -0.1) is 0 Å². The van der Waals surface area contributed by atoms with Crippen molar-refractivity contribution >= 4 is 33.7 Å². The van der Waals surface area contributed by atoms with E-state index in [9.17, 15) is 14.7 Å². The highest BCUT2D eigenvalue weighted by Gasteiger charge is 2.44. The molecule has 6 heteroatoms. The van der Waals surface area contributed by atoms with Crippen molar-refractivity contribution in [3.63, 3.8) is 0 Å². The van der Waals surface area contributed by atoms with Crippen molar-refractivity contribution in [1.29, 1.82) is 0 Å². The fourth-order valence-corrected chi connectivity index (χ4v) is 3.96. The highest BCUT2D eigenvalue weighted by molar-refractivity contribution is 5.98. The van der Waals surface area contributed by atoms with Crippen LogP contribution in [0.4, 0.5) is 4.79 Å². The smallest absolute Gasteiger partial charge is 0.419 e. The molecule has 1 heterocycles. The van der Waals surface area contributed by atoms with Crippen LogP contribution in [0.3, 0.4) is 0 Å². The molecule has 0 aliphatic carbocycles. The Hall–Kier alpha value is -3.64. The largest absolute Gasteiger partial charge is 0.463 e. The van der Waals surface area contributed by atoms with Gasteiger partial charge in [-0.3, -0.25) is 4.57 Å². The number of esters is 1. The molecule has 1 atom stereocenters. The maximum Gasteiger partial charge on any atom is 0.419 e. The highest BCUT2D eigenvalue weighted by Crippen LogP contribution is 2.38. The summed E-state index contributed by atoms with van der Waals surface area (Å²) in [6.45, 7) is 7.12. The molecule has 4 aromatic rings. The number of carbonyl (C=O) groups excluding carboxylic acids is 2. The number of fused-ring (bicyclic) bond motifs is 2. The fourth-order valence-electron chi connectivity index (χ4n) is 3.96. The van der Waals surface area contributed by atoms with E-state index in [0.29, 0.717) is 16.5 Å². The Balaban J connectivity index is 1.97. The normalized spacial score (nSPS) is 13.6. The van der Waals surface area contributed by atoms with E-state index in [2.05, 4.69) is 0 Å². The van der Waals surface area contributed by atoms with Crippen molar-refractivity contribution in [2.75, 3.05) is 6.61 Å². The van der Waals surface area contributed by atoms with Crippen LogP contribution >= 0.6 is 0 Å². The Morgan fingerprint density at radius 2 is 1.61 bits per heavy atom. The first-order chi connectivity index (χ1) is 15.6. The van der Waals surface area contributed by atoms with Crippen molar-refractivity contribution in [2.45, 2.75) is 38.9 Å². The second-order valence-corrected chi connectivity index (χ2v) is 8.90. The summed E-state index contributed by atoms with van der Waals surface area (Å²) in [6, 6.07) is 20.1. The number of hydrogen-bond acceptors (Lipinski definition) is 5. The van der Waals surface area contributed by atoms with Crippen molar-refractivity contribution in [3.8, 4) is 0 Å². The molecule has 0 fully saturated rings. The van der Waals surface area contributed by atoms with Gasteiger partial charge in [0.15, 0.2) is 0 Å². The summed E-state index contributed by atoms with van der Waals surface area (Å²) in [5, 5.41) is 14.4. The van der Waals surface area contributed by atoms with Crippen molar-refractivity contribution in [1.82, 2.24) is 4.57 Å². The minimum atomic E-state index is -2.13. The molecule has 170 valence electrons. The lowest BCUT2D eigenvalue weighted by atomic mass is 9.85. The number of aliphatic hydroxyl groups is 1. The Bertz CT molecular complexity index is 1350. The minimum Gasteiger partial charge on any atom is -0.463 e. The fraction of sp³-hybridized carbons (Fsp3) is 0.259. The molecule has 1 N–H and O–H groups in total. The van der Waals surface area contributed by atoms with Crippen LogP contribution in [0.5, 0.6) is 0 Å². The van der Waals surface area contributed by atoms with Gasteiger partial charge in [0.1, 0.15) is 5.60 Å². The summed E-state index contributed by atoms with van der Waals surface area (Å²) >= 11 is 0. The first-order valence-electron chi connectivity index (χ1n) is 10.9. The van der Waals surface area contributed by atoms with E-state index in [1.807, 2.05) is 30.3 Å². The zero-order valence-corrected chi connectivity index (χ0v) is 19.2. The molecule has 0 saturated heterocycles. The summed E-state index contributed by atoms with van der Waals surface area (Å²) in [4.78, 5) is 26.2. The second kappa shape index (κ2) is 8.37. The van der Waals surface area contributed by atoms with Crippen LogP contribution in [0.25, 0.3) is 21.7 Å². The van der Waals surface area contributed by atoms with E-state index in [4.69, 9.17) is 9.47 Å². The summed E-state index contributed by atoms with van der Waals surface area (Å²) in [5.41, 5.74) is -1.72. The quantitative estimate of drug-likeness (QED) is 0.427. The SMILES string of the molecule is CCOC(=O)[C@@](O)(c1ccc2ccccc2c1)c1cn(C(=O)OC(C)(C)C)c2ccccc12. The number of rotatable bonds is 4. The lowest BCUT2D eigenvalue weighted by molar-refractivity contribution is -0.161. The van der Waals surface area contributed by atoms with E-state index in [-0.39, 0.29) is 12.2 Å². The Morgan fingerprint density at radius 3 is 2.30 bits per heavy atom. The molecule has 6 nitrogen and oxygen atoms in total. The van der Waals surface area contributed by atoms with Crippen molar-refractivity contribution in [2.24, 2.45) is 0 Å². The van der Waals surface area contributed by atoms with Gasteiger partial charge < -0.3 is 14.6 Å². The lowest BCUT2D eigenvalue weighted by Gasteiger charge is -2.26. The minimum absolute atomic E-state index is 0.0967. The number of aromatic nitrogens is 1. The van der Waals surface area contributed by atoms with Crippen LogP contribution in [-0.2, 0) is 19.9 Å². The van der Waals surface area contributed by atoms with Crippen LogP contribution in [0.1, 0.15) is 38.8 Å². The molecule has 0 saturated carbocycles. The molecule has 0 radical (unpaired) electrons. The first kappa shape index (κ1) is 22.6. The molecular weight excluding hydrogens is 418 g/mol. The average Bonchev–Trinajstić information content (AvgIpc) is 3.17. The number of ether oxygens (including phenoxy) is 2. The molecule has 0 bridgehead atoms. The first-order valence-corrected chi connectivity index (χ1v) is 10.9. The van der Waals surface area contributed by atoms with Crippen LogP contribution < -0.4 is 0 Å². The maximum absolute atomic E-state index is 13.3. The van der Waals surface area contributed by atoms with Crippen LogP contribution in [0, 0.1) is 0 Å². The van der Waals surface area contributed by atoms with Crippen LogP contribution in [0.15, 0.2) is 72.9 Å². The Labute approximate surface area is 192 Å². The van der Waals surface area contributed by atoms with E-state index >= 15 is 0 Å². The van der Waals surface area contributed by atoms with Gasteiger partial charge in [0.05, 0.1) is 12.1 Å². The summed E-state index contributed by atoms with van der Waals surface area (Å²) in [6.07, 6.45) is 0.861. The van der Waals surface area contributed by atoms with E-state index in [0.717, 1.165) is 10.8 Å². The molecule has 0 amide bonds. The number of benzene rings is 3. The predicted molar refractivity (Wildman–Crippen MR) is 127 cm³/mol. The summed E-state index contributed by atoms with van der Waals surface area (Å²) in [7, 11) is 0. The Kier molecular flexibility index (Phi) is 5.72. The van der Waals surface area contributed by atoms with Gasteiger partial charge in [0.25, 0.3) is 0 Å². The molecule has 0 aliphatic heterocycles. The molecule has 3 aromatic carbocycles. The van der Waals surface area contributed by atoms with Gasteiger partial charge >= 0.3 is 12.1 Å². The van der Waals surface area contributed by atoms with E-state index < -0.39 is 23.3 Å². The summed E-state index contributed by atoms with van der Waals surface area (Å²) < 4.78 is 12.2. The molecular formula is C27H27NO5. The Morgan fingerprint density at radius 1 is 0.939 bits per heavy atom. The van der Waals surface area contributed by atoms with Gasteiger partial charge in [0.2, 0.25) is 5.60 Å². The topological polar surface area (TPSA) is 77.8 Å². The van der Waals surface area contributed by atoms with Crippen molar-refractivity contribution < 1.29 is 24.2 Å². The third kappa shape index (κ3) is 4.10. The molecule has 0 unspecified atom stereocenters. The maximum atomic E-state index is 13.3. The second-order valence-electron chi connectivity index (χ2n) is 8.90. The molecule has 0 spiro atoms. The van der Waals surface area contributed by atoms with Gasteiger partial charge in [0, 0.05) is 22.7 Å². The molecule has 33 heavy (non-hydrogen) atoms. The standard InChI is InChI=1S/C27H27NO5/c1-5-32-24(29)27(31,20-15-14-18-10-6-7-11-19(18)16-20)22-17-28(25(30)33-26(2,3)4)23-13-9-8-12-21(22)23/h6-17,31H,5H2,1-4H3/t27-/m1/s1. The van der Waals surface area contributed by atoms with Gasteiger partial charge in [-0.25, -0.2) is 9.59 Å². The van der Waals surface area contributed by atoms with Crippen LogP contribution in [0.2, 0.25) is 0 Å². The molecule has 0 aliphatic rings. The van der Waals surface area contributed by atoms with Gasteiger partial charge in [-0.05, 0) is 50.6 Å². The summed E-state index contributed by atoms with van der Waals surface area (Å²) in [5.74, 6) is -0.813. The van der Waals surface area contributed by atoms with Crippen LogP contribution in [-0.4, -0.2) is 33.9 Å².